The second kappa shape index (κ2) is 10.8. The van der Waals surface area contributed by atoms with Crippen LogP contribution in [0.1, 0.15) is 25.3 Å². The Morgan fingerprint density at radius 3 is 2.62 bits per heavy atom. The van der Waals surface area contributed by atoms with E-state index in [2.05, 4.69) is 17.2 Å². The van der Waals surface area contributed by atoms with Gasteiger partial charge < -0.3 is 14.6 Å². The molecule has 0 atom stereocenters. The van der Waals surface area contributed by atoms with Gasteiger partial charge in [0.25, 0.3) is 0 Å². The number of aromatic nitrogens is 2. The molecule has 3 rings (SSSR count). The van der Waals surface area contributed by atoms with Crippen molar-refractivity contribution >= 4 is 38.7 Å². The number of unbranched alkanes of at least 4 members (excludes halogenated alkanes) is 1. The molecule has 0 radical (unpaired) electrons. The number of carbonyl (C=O) groups is 1. The molecule has 3 N–H and O–H groups in total. The summed E-state index contributed by atoms with van der Waals surface area (Å²) in [5, 5.41) is 8.86. The molecule has 0 saturated heterocycles. The lowest BCUT2D eigenvalue weighted by Gasteiger charge is -2.09. The molecule has 8 nitrogen and oxygen atoms in total. The number of sulfonamides is 1. The molecule has 0 saturated carbocycles. The van der Waals surface area contributed by atoms with Gasteiger partial charge in [-0.3, -0.25) is 4.79 Å². The van der Waals surface area contributed by atoms with Crippen LogP contribution in [0.25, 0.3) is 11.0 Å². The number of rotatable bonds is 11. The highest BCUT2D eigenvalue weighted by atomic mass is 32.2. The van der Waals surface area contributed by atoms with E-state index in [1.54, 1.807) is 13.2 Å². The first-order chi connectivity index (χ1) is 15.3. The molecule has 0 aliphatic carbocycles. The average molecular weight is 477 g/mol. The first-order valence-electron chi connectivity index (χ1n) is 10.4. The van der Waals surface area contributed by atoms with E-state index in [1.807, 2.05) is 28.8 Å². The van der Waals surface area contributed by atoms with Crippen molar-refractivity contribution < 1.29 is 17.9 Å². The van der Waals surface area contributed by atoms with Crippen molar-refractivity contribution in [2.24, 2.45) is 5.14 Å². The molecule has 10 heteroatoms. The van der Waals surface area contributed by atoms with Crippen LogP contribution in [0.4, 0.5) is 0 Å². The van der Waals surface area contributed by atoms with Crippen molar-refractivity contribution in [1.29, 1.82) is 0 Å². The highest BCUT2D eigenvalue weighted by molar-refractivity contribution is 7.99. The van der Waals surface area contributed by atoms with Gasteiger partial charge in [0.15, 0.2) is 5.16 Å². The van der Waals surface area contributed by atoms with E-state index in [-0.39, 0.29) is 16.6 Å². The zero-order valence-electron chi connectivity index (χ0n) is 18.2. The van der Waals surface area contributed by atoms with E-state index in [0.29, 0.717) is 17.2 Å². The summed E-state index contributed by atoms with van der Waals surface area (Å²) in [6.07, 6.45) is 2.68. The largest absolute Gasteiger partial charge is 0.497 e. The number of ether oxygens (including phenoxy) is 1. The average Bonchev–Trinajstić information content (AvgIpc) is 3.12. The number of methoxy groups -OCH3 is 1. The summed E-state index contributed by atoms with van der Waals surface area (Å²) in [6, 6.07) is 12.4. The molecule has 0 bridgehead atoms. The minimum Gasteiger partial charge on any atom is -0.497 e. The molecule has 3 aromatic rings. The molecule has 0 fully saturated rings. The van der Waals surface area contributed by atoms with Crippen molar-refractivity contribution in [3.05, 3.63) is 48.0 Å². The van der Waals surface area contributed by atoms with E-state index in [4.69, 9.17) is 9.88 Å². The van der Waals surface area contributed by atoms with Gasteiger partial charge in [0.1, 0.15) is 5.75 Å². The number of thioether (sulfide) groups is 1. The van der Waals surface area contributed by atoms with Crippen LogP contribution in [-0.2, 0) is 27.8 Å². The molecule has 0 unspecified atom stereocenters. The smallest absolute Gasteiger partial charge is 0.238 e. The zero-order valence-corrected chi connectivity index (χ0v) is 19.8. The van der Waals surface area contributed by atoms with Gasteiger partial charge in [-0.25, -0.2) is 18.5 Å². The van der Waals surface area contributed by atoms with Crippen LogP contribution in [-0.4, -0.2) is 43.3 Å². The van der Waals surface area contributed by atoms with E-state index in [0.717, 1.165) is 42.6 Å². The lowest BCUT2D eigenvalue weighted by Crippen LogP contribution is -2.27. The van der Waals surface area contributed by atoms with Gasteiger partial charge in [-0.15, -0.1) is 0 Å². The topological polar surface area (TPSA) is 116 Å². The standard InChI is InChI=1S/C22H28N4O4S2/c1-3-4-13-26-20-10-9-18(32(23,28)29)14-19(20)25-22(26)31-15-21(27)24-12-11-16-5-7-17(30-2)8-6-16/h5-10,14H,3-4,11-13,15H2,1-2H3,(H,24,27)(H2,23,28,29). The van der Waals surface area contributed by atoms with E-state index in [9.17, 15) is 13.2 Å². The summed E-state index contributed by atoms with van der Waals surface area (Å²) in [5.41, 5.74) is 2.49. The summed E-state index contributed by atoms with van der Waals surface area (Å²) in [6.45, 7) is 3.38. The number of nitrogens with one attached hydrogen (secondary N) is 1. The number of imidazole rings is 1. The van der Waals surface area contributed by atoms with Crippen LogP contribution in [0, 0.1) is 0 Å². The molecule has 2 aromatic carbocycles. The van der Waals surface area contributed by atoms with E-state index >= 15 is 0 Å². The SMILES string of the molecule is CCCCn1c(SCC(=O)NCCc2ccc(OC)cc2)nc2cc(S(N)(=O)=O)ccc21. The molecule has 0 aliphatic rings. The number of aryl methyl sites for hydroxylation is 1. The number of carbonyl (C=O) groups excluding carboxylic acids is 1. The number of nitrogens with two attached hydrogens (primary N) is 1. The second-order valence-electron chi connectivity index (χ2n) is 7.33. The predicted molar refractivity (Wildman–Crippen MR) is 126 cm³/mol. The summed E-state index contributed by atoms with van der Waals surface area (Å²) in [5.74, 6) is 0.944. The van der Waals surface area contributed by atoms with Crippen LogP contribution in [0.3, 0.4) is 0 Å². The highest BCUT2D eigenvalue weighted by Crippen LogP contribution is 2.26. The summed E-state index contributed by atoms with van der Waals surface area (Å²) in [7, 11) is -2.18. The Labute approximate surface area is 192 Å². The fourth-order valence-corrected chi connectivity index (χ4v) is 4.63. The number of primary sulfonamides is 1. The molecular formula is C22H28N4O4S2. The summed E-state index contributed by atoms with van der Waals surface area (Å²) >= 11 is 1.34. The molecule has 1 heterocycles. The van der Waals surface area contributed by atoms with Crippen molar-refractivity contribution in [3.8, 4) is 5.75 Å². The number of amides is 1. The molecule has 1 amide bonds. The lowest BCUT2D eigenvalue weighted by atomic mass is 10.1. The minimum absolute atomic E-state index is 0.0259. The van der Waals surface area contributed by atoms with Crippen molar-refractivity contribution in [2.45, 2.75) is 42.8 Å². The first-order valence-corrected chi connectivity index (χ1v) is 12.9. The number of benzene rings is 2. The monoisotopic (exact) mass is 476 g/mol. The van der Waals surface area contributed by atoms with Crippen molar-refractivity contribution in [1.82, 2.24) is 14.9 Å². The van der Waals surface area contributed by atoms with Gasteiger partial charge in [-0.05, 0) is 48.7 Å². The highest BCUT2D eigenvalue weighted by Gasteiger charge is 2.16. The molecule has 1 aromatic heterocycles. The second-order valence-corrected chi connectivity index (χ2v) is 9.84. The molecule has 172 valence electrons. The Hall–Kier alpha value is -2.56. The Kier molecular flexibility index (Phi) is 8.16. The van der Waals surface area contributed by atoms with Gasteiger partial charge in [-0.2, -0.15) is 0 Å². The normalized spacial score (nSPS) is 11.6. The molecule has 0 spiro atoms. The Morgan fingerprint density at radius 2 is 1.97 bits per heavy atom. The maximum absolute atomic E-state index is 12.3. The Balaban J connectivity index is 1.63. The van der Waals surface area contributed by atoms with Crippen LogP contribution in [0.2, 0.25) is 0 Å². The molecule has 0 aliphatic heterocycles. The maximum Gasteiger partial charge on any atom is 0.238 e. The van der Waals surface area contributed by atoms with Crippen LogP contribution >= 0.6 is 11.8 Å². The Morgan fingerprint density at radius 1 is 1.22 bits per heavy atom. The fourth-order valence-electron chi connectivity index (χ4n) is 3.23. The fraction of sp³-hybridized carbons (Fsp3) is 0.364. The lowest BCUT2D eigenvalue weighted by molar-refractivity contribution is -0.118. The quantitative estimate of drug-likeness (QED) is 0.411. The third-order valence-corrected chi connectivity index (χ3v) is 6.86. The third kappa shape index (κ3) is 6.24. The Bertz CT molecular complexity index is 1170. The third-order valence-electron chi connectivity index (χ3n) is 4.98. The van der Waals surface area contributed by atoms with Gasteiger partial charge in [0.2, 0.25) is 15.9 Å². The van der Waals surface area contributed by atoms with Crippen LogP contribution in [0.15, 0.2) is 52.5 Å². The number of nitrogens with zero attached hydrogens (tertiary/aromatic N) is 2. The van der Waals surface area contributed by atoms with Crippen LogP contribution < -0.4 is 15.2 Å². The number of hydrogen-bond donors (Lipinski definition) is 2. The minimum atomic E-state index is -3.80. The predicted octanol–water partition coefficient (Wildman–Crippen LogP) is 2.94. The van der Waals surface area contributed by atoms with Gasteiger partial charge >= 0.3 is 0 Å². The van der Waals surface area contributed by atoms with Gasteiger partial charge in [-0.1, -0.05) is 37.2 Å². The van der Waals surface area contributed by atoms with Crippen molar-refractivity contribution in [2.75, 3.05) is 19.4 Å². The van der Waals surface area contributed by atoms with Crippen LogP contribution in [0.5, 0.6) is 5.75 Å². The number of fused-ring (bicyclic) bond motifs is 1. The zero-order chi connectivity index (χ0) is 23.1. The summed E-state index contributed by atoms with van der Waals surface area (Å²) < 4.78 is 30.5. The first kappa shape index (κ1) is 24.1. The van der Waals surface area contributed by atoms with E-state index < -0.39 is 10.0 Å². The van der Waals surface area contributed by atoms with Gasteiger partial charge in [0, 0.05) is 13.1 Å². The molecule has 32 heavy (non-hydrogen) atoms. The van der Waals surface area contributed by atoms with E-state index in [1.165, 1.54) is 23.9 Å². The van der Waals surface area contributed by atoms with Gasteiger partial charge in [0.05, 0.1) is 28.8 Å². The number of hydrogen-bond acceptors (Lipinski definition) is 6. The van der Waals surface area contributed by atoms with Crippen molar-refractivity contribution in [3.63, 3.8) is 0 Å². The molecular weight excluding hydrogens is 448 g/mol. The maximum atomic E-state index is 12.3. The summed E-state index contributed by atoms with van der Waals surface area (Å²) in [4.78, 5) is 16.9.